The second-order valence-electron chi connectivity index (χ2n) is 4.26. The third-order valence-electron chi connectivity index (χ3n) is 2.58. The molecular formula is C14H16N2O3S. The van der Waals surface area contributed by atoms with Crippen molar-refractivity contribution in [3.05, 3.63) is 42.2 Å². The van der Waals surface area contributed by atoms with Gasteiger partial charge in [-0.3, -0.25) is 9.48 Å². The number of hydrogen-bond donors (Lipinski definition) is 1. The maximum absolute atomic E-state index is 10.6. The summed E-state index contributed by atoms with van der Waals surface area (Å²) < 4.78 is 7.37. The first-order valence-electron chi connectivity index (χ1n) is 6.18. The van der Waals surface area contributed by atoms with Gasteiger partial charge in [0.15, 0.2) is 0 Å². The minimum absolute atomic E-state index is 0.0388. The monoisotopic (exact) mass is 292 g/mol. The van der Waals surface area contributed by atoms with Crippen LogP contribution < -0.4 is 4.74 Å². The molecule has 20 heavy (non-hydrogen) atoms. The standard InChI is InChI=1S/C14H16N2O3S/c1-16-10-13(9-15-16)20-7-6-19-12-4-2-11(3-5-12)8-14(17)18/h2-5,9-10H,6-8H2,1H3,(H,17,18). The van der Waals surface area contributed by atoms with Crippen molar-refractivity contribution in [1.29, 1.82) is 0 Å². The lowest BCUT2D eigenvalue weighted by atomic mass is 10.1. The maximum atomic E-state index is 10.6. The largest absolute Gasteiger partial charge is 0.493 e. The van der Waals surface area contributed by atoms with Crippen LogP contribution in [0.25, 0.3) is 0 Å². The lowest BCUT2D eigenvalue weighted by molar-refractivity contribution is -0.136. The zero-order valence-electron chi connectivity index (χ0n) is 11.2. The second-order valence-corrected chi connectivity index (χ2v) is 5.43. The normalized spacial score (nSPS) is 10.4. The van der Waals surface area contributed by atoms with Crippen LogP contribution in [0.2, 0.25) is 0 Å². The number of aryl methyl sites for hydroxylation is 1. The van der Waals surface area contributed by atoms with E-state index in [1.807, 2.05) is 19.4 Å². The Labute approximate surface area is 121 Å². The molecule has 5 nitrogen and oxygen atoms in total. The van der Waals surface area contributed by atoms with Crippen molar-refractivity contribution in [2.45, 2.75) is 11.3 Å². The van der Waals surface area contributed by atoms with Gasteiger partial charge in [0.1, 0.15) is 5.75 Å². The molecule has 0 fully saturated rings. The van der Waals surface area contributed by atoms with Gasteiger partial charge in [0.05, 0.1) is 19.2 Å². The Bertz CT molecular complexity index is 566. The fourth-order valence-corrected chi connectivity index (χ4v) is 2.42. The first-order chi connectivity index (χ1) is 9.63. The predicted molar refractivity (Wildman–Crippen MR) is 77.2 cm³/mol. The maximum Gasteiger partial charge on any atom is 0.307 e. The van der Waals surface area contributed by atoms with E-state index >= 15 is 0 Å². The minimum Gasteiger partial charge on any atom is -0.493 e. The molecular weight excluding hydrogens is 276 g/mol. The quantitative estimate of drug-likeness (QED) is 0.626. The average molecular weight is 292 g/mol. The Balaban J connectivity index is 1.72. The second kappa shape index (κ2) is 7.00. The van der Waals surface area contributed by atoms with Gasteiger partial charge in [-0.2, -0.15) is 5.10 Å². The Morgan fingerprint density at radius 3 is 2.75 bits per heavy atom. The summed E-state index contributed by atoms with van der Waals surface area (Å²) in [6, 6.07) is 7.15. The van der Waals surface area contributed by atoms with Crippen molar-refractivity contribution >= 4 is 17.7 Å². The summed E-state index contributed by atoms with van der Waals surface area (Å²) in [5, 5.41) is 12.8. The molecule has 0 spiro atoms. The van der Waals surface area contributed by atoms with Crippen LogP contribution in [-0.4, -0.2) is 33.2 Å². The molecule has 0 amide bonds. The molecule has 1 aromatic heterocycles. The number of thioether (sulfide) groups is 1. The Morgan fingerprint density at radius 1 is 1.40 bits per heavy atom. The molecule has 1 heterocycles. The fraction of sp³-hybridized carbons (Fsp3) is 0.286. The topological polar surface area (TPSA) is 64.3 Å². The highest BCUT2D eigenvalue weighted by molar-refractivity contribution is 7.99. The third-order valence-corrected chi connectivity index (χ3v) is 3.50. The van der Waals surface area contributed by atoms with Crippen LogP contribution in [0.4, 0.5) is 0 Å². The summed E-state index contributed by atoms with van der Waals surface area (Å²) in [5.74, 6) is 0.764. The van der Waals surface area contributed by atoms with Crippen molar-refractivity contribution in [3.63, 3.8) is 0 Å². The van der Waals surface area contributed by atoms with Gasteiger partial charge in [-0.25, -0.2) is 0 Å². The zero-order valence-corrected chi connectivity index (χ0v) is 12.0. The smallest absolute Gasteiger partial charge is 0.307 e. The number of carboxylic acids is 1. The third kappa shape index (κ3) is 4.62. The molecule has 0 unspecified atom stereocenters. The van der Waals surface area contributed by atoms with Crippen LogP contribution in [-0.2, 0) is 18.3 Å². The van der Waals surface area contributed by atoms with E-state index in [0.29, 0.717) is 6.61 Å². The van der Waals surface area contributed by atoms with Gasteiger partial charge in [0, 0.05) is 23.9 Å². The van der Waals surface area contributed by atoms with Crippen LogP contribution in [0, 0.1) is 0 Å². The number of ether oxygens (including phenoxy) is 1. The Kier molecular flexibility index (Phi) is 5.06. The molecule has 0 saturated carbocycles. The van der Waals surface area contributed by atoms with E-state index in [1.165, 1.54) is 0 Å². The van der Waals surface area contributed by atoms with Crippen LogP contribution in [0.3, 0.4) is 0 Å². The highest BCUT2D eigenvalue weighted by Crippen LogP contribution is 2.17. The van der Waals surface area contributed by atoms with E-state index in [2.05, 4.69) is 5.10 Å². The van der Waals surface area contributed by atoms with Crippen molar-refractivity contribution in [3.8, 4) is 5.75 Å². The number of rotatable bonds is 7. The number of carboxylic acid groups (broad SMARTS) is 1. The predicted octanol–water partition coefficient (Wildman–Crippen LogP) is 2.22. The first kappa shape index (κ1) is 14.5. The van der Waals surface area contributed by atoms with Gasteiger partial charge in [-0.15, -0.1) is 11.8 Å². The SMILES string of the molecule is Cn1cc(SCCOc2ccc(CC(=O)O)cc2)cn1. The molecule has 106 valence electrons. The number of aliphatic carboxylic acids is 1. The minimum atomic E-state index is -0.827. The van der Waals surface area contributed by atoms with Gasteiger partial charge in [-0.1, -0.05) is 12.1 Å². The fourth-order valence-electron chi connectivity index (χ4n) is 1.67. The summed E-state index contributed by atoms with van der Waals surface area (Å²) in [6.45, 7) is 0.595. The van der Waals surface area contributed by atoms with Crippen LogP contribution >= 0.6 is 11.8 Å². The van der Waals surface area contributed by atoms with Crippen molar-refractivity contribution in [2.24, 2.45) is 7.05 Å². The number of benzene rings is 1. The summed E-state index contributed by atoms with van der Waals surface area (Å²) >= 11 is 1.69. The number of carbonyl (C=O) groups is 1. The lowest BCUT2D eigenvalue weighted by Crippen LogP contribution is -2.01. The number of hydrogen-bond acceptors (Lipinski definition) is 4. The van der Waals surface area contributed by atoms with E-state index < -0.39 is 5.97 Å². The Hall–Kier alpha value is -1.95. The summed E-state index contributed by atoms with van der Waals surface area (Å²) in [6.07, 6.45) is 3.83. The van der Waals surface area contributed by atoms with Crippen molar-refractivity contribution in [2.75, 3.05) is 12.4 Å². The van der Waals surface area contributed by atoms with E-state index in [9.17, 15) is 4.79 Å². The average Bonchev–Trinajstić information content (AvgIpc) is 2.82. The molecule has 0 aliphatic rings. The molecule has 0 saturated heterocycles. The molecule has 1 aromatic carbocycles. The van der Waals surface area contributed by atoms with Crippen LogP contribution in [0.15, 0.2) is 41.6 Å². The highest BCUT2D eigenvalue weighted by atomic mass is 32.2. The first-order valence-corrected chi connectivity index (χ1v) is 7.17. The summed E-state index contributed by atoms with van der Waals surface area (Å²) in [4.78, 5) is 11.7. The van der Waals surface area contributed by atoms with E-state index in [0.717, 1.165) is 22.0 Å². The summed E-state index contributed by atoms with van der Waals surface area (Å²) in [7, 11) is 1.89. The van der Waals surface area contributed by atoms with Gasteiger partial charge in [-0.05, 0) is 17.7 Å². The molecule has 0 aliphatic carbocycles. The molecule has 0 aliphatic heterocycles. The molecule has 0 atom stereocenters. The zero-order chi connectivity index (χ0) is 14.4. The molecule has 1 N–H and O–H groups in total. The van der Waals surface area contributed by atoms with Crippen LogP contribution in [0.1, 0.15) is 5.56 Å². The number of aromatic nitrogens is 2. The van der Waals surface area contributed by atoms with E-state index in [1.54, 1.807) is 40.7 Å². The molecule has 0 radical (unpaired) electrons. The molecule has 2 rings (SSSR count). The van der Waals surface area contributed by atoms with Gasteiger partial charge in [0.25, 0.3) is 0 Å². The molecule has 6 heteroatoms. The summed E-state index contributed by atoms with van der Waals surface area (Å²) in [5.41, 5.74) is 0.773. The van der Waals surface area contributed by atoms with Gasteiger partial charge in [0.2, 0.25) is 0 Å². The number of nitrogens with zero attached hydrogens (tertiary/aromatic N) is 2. The van der Waals surface area contributed by atoms with Gasteiger partial charge < -0.3 is 9.84 Å². The molecule has 2 aromatic rings. The van der Waals surface area contributed by atoms with E-state index in [-0.39, 0.29) is 6.42 Å². The van der Waals surface area contributed by atoms with Crippen LogP contribution in [0.5, 0.6) is 5.75 Å². The van der Waals surface area contributed by atoms with Crippen molar-refractivity contribution in [1.82, 2.24) is 9.78 Å². The lowest BCUT2D eigenvalue weighted by Gasteiger charge is -2.06. The van der Waals surface area contributed by atoms with E-state index in [4.69, 9.17) is 9.84 Å². The Morgan fingerprint density at radius 2 is 2.15 bits per heavy atom. The van der Waals surface area contributed by atoms with Gasteiger partial charge >= 0.3 is 5.97 Å². The molecule has 0 bridgehead atoms. The highest BCUT2D eigenvalue weighted by Gasteiger charge is 2.01. The van der Waals surface area contributed by atoms with Crippen molar-refractivity contribution < 1.29 is 14.6 Å².